The Hall–Kier alpha value is -1.11. The molecule has 0 saturated heterocycles. The van der Waals surface area contributed by atoms with Crippen LogP contribution in [0.4, 0.5) is 4.39 Å². The Morgan fingerprint density at radius 2 is 1.80 bits per heavy atom. The van der Waals surface area contributed by atoms with Crippen molar-refractivity contribution in [1.82, 2.24) is 0 Å². The normalized spacial score (nSPS) is 12.3. The van der Waals surface area contributed by atoms with Crippen LogP contribution in [0.25, 0.3) is 0 Å². The summed E-state index contributed by atoms with van der Waals surface area (Å²) in [6, 6.07) is 4.50. The van der Waals surface area contributed by atoms with Crippen molar-refractivity contribution in [2.24, 2.45) is 0 Å². The molecule has 6 heteroatoms. The highest BCUT2D eigenvalue weighted by atomic mass is 79.9. The molecule has 0 aliphatic heterocycles. The van der Waals surface area contributed by atoms with Gasteiger partial charge in [-0.3, -0.25) is 0 Å². The van der Waals surface area contributed by atoms with Crippen LogP contribution >= 0.6 is 27.3 Å². The summed E-state index contributed by atoms with van der Waals surface area (Å²) in [4.78, 5) is 0.667. The molecule has 0 fully saturated rings. The summed E-state index contributed by atoms with van der Waals surface area (Å²) in [7, 11) is 2.91. The lowest BCUT2D eigenvalue weighted by molar-refractivity contribution is 0.217. The van der Waals surface area contributed by atoms with Gasteiger partial charge in [0, 0.05) is 16.5 Å². The minimum absolute atomic E-state index is 0.163. The van der Waals surface area contributed by atoms with Gasteiger partial charge in [-0.25, -0.2) is 4.39 Å². The molecule has 0 aliphatic rings. The fraction of sp³-hybridized carbons (Fsp3) is 0.286. The lowest BCUT2D eigenvalue weighted by Crippen LogP contribution is -2.03. The molecule has 3 nitrogen and oxygen atoms in total. The van der Waals surface area contributed by atoms with Crippen molar-refractivity contribution >= 4 is 27.3 Å². The van der Waals surface area contributed by atoms with E-state index >= 15 is 0 Å². The van der Waals surface area contributed by atoms with Crippen molar-refractivity contribution in [3.05, 3.63) is 43.8 Å². The van der Waals surface area contributed by atoms with Crippen LogP contribution in [0.3, 0.4) is 0 Å². The van der Waals surface area contributed by atoms with Gasteiger partial charge in [0.25, 0.3) is 0 Å². The van der Waals surface area contributed by atoms with Crippen molar-refractivity contribution in [1.29, 1.82) is 0 Å². The van der Waals surface area contributed by atoms with Crippen LogP contribution in [0, 0.1) is 12.7 Å². The summed E-state index contributed by atoms with van der Waals surface area (Å²) in [5.41, 5.74) is 1.17. The molecule has 0 spiro atoms. The van der Waals surface area contributed by atoms with Gasteiger partial charge < -0.3 is 14.6 Å². The summed E-state index contributed by atoms with van der Waals surface area (Å²) in [5.74, 6) is 0.150. The minimum Gasteiger partial charge on any atom is -0.493 e. The Balaban J connectivity index is 2.46. The Bertz CT molecular complexity index is 608. The van der Waals surface area contributed by atoms with Gasteiger partial charge in [-0.15, -0.1) is 11.3 Å². The van der Waals surface area contributed by atoms with Gasteiger partial charge in [-0.2, -0.15) is 0 Å². The molecule has 2 rings (SSSR count). The third kappa shape index (κ3) is 2.82. The highest BCUT2D eigenvalue weighted by molar-refractivity contribution is 9.11. The summed E-state index contributed by atoms with van der Waals surface area (Å²) in [6.45, 7) is 1.92. The fourth-order valence-electron chi connectivity index (χ4n) is 1.85. The molecule has 2 aromatic rings. The Morgan fingerprint density at radius 3 is 2.30 bits per heavy atom. The third-order valence-corrected chi connectivity index (χ3v) is 5.13. The lowest BCUT2D eigenvalue weighted by atomic mass is 10.1. The van der Waals surface area contributed by atoms with Crippen molar-refractivity contribution in [3.8, 4) is 11.5 Å². The number of hydrogen-bond donors (Lipinski definition) is 1. The number of ether oxygens (including phenoxy) is 2. The topological polar surface area (TPSA) is 38.7 Å². The molecule has 0 bridgehead atoms. The highest BCUT2D eigenvalue weighted by Gasteiger charge is 2.21. The second kappa shape index (κ2) is 6.11. The number of aryl methyl sites for hydroxylation is 1. The average molecular weight is 361 g/mol. The van der Waals surface area contributed by atoms with Crippen LogP contribution in [0.15, 0.2) is 22.0 Å². The molecule has 0 radical (unpaired) electrons. The maximum absolute atomic E-state index is 14.1. The molecule has 1 aromatic carbocycles. The van der Waals surface area contributed by atoms with E-state index in [2.05, 4.69) is 15.9 Å². The number of aliphatic hydroxyl groups excluding tert-OH is 1. The highest BCUT2D eigenvalue weighted by Crippen LogP contribution is 2.38. The van der Waals surface area contributed by atoms with Crippen LogP contribution in [0.5, 0.6) is 11.5 Å². The Kier molecular flexibility index (Phi) is 4.67. The number of benzene rings is 1. The zero-order valence-corrected chi connectivity index (χ0v) is 13.6. The van der Waals surface area contributed by atoms with Crippen LogP contribution in [-0.2, 0) is 0 Å². The quantitative estimate of drug-likeness (QED) is 0.893. The second-order valence-corrected chi connectivity index (χ2v) is 6.64. The van der Waals surface area contributed by atoms with Gasteiger partial charge in [0.05, 0.1) is 18.0 Å². The standard InChI is InChI=1S/C14H14BrFO3S/c1-7-4-12(20-14(7)15)13(17)8-5-10(18-2)11(19-3)6-9(8)16/h4-6,13,17H,1-3H3. The number of rotatable bonds is 4. The first-order valence-electron chi connectivity index (χ1n) is 5.83. The Morgan fingerprint density at radius 1 is 1.20 bits per heavy atom. The van der Waals surface area contributed by atoms with E-state index in [1.807, 2.05) is 13.0 Å². The predicted octanol–water partition coefficient (Wildman–Crippen LogP) is 4.06. The summed E-state index contributed by atoms with van der Waals surface area (Å²) in [5, 5.41) is 10.3. The van der Waals surface area contributed by atoms with E-state index in [1.165, 1.54) is 37.7 Å². The Labute approximate surface area is 129 Å². The largest absolute Gasteiger partial charge is 0.493 e. The van der Waals surface area contributed by atoms with Crippen LogP contribution in [-0.4, -0.2) is 19.3 Å². The van der Waals surface area contributed by atoms with Gasteiger partial charge in [-0.1, -0.05) is 0 Å². The molecule has 0 saturated carbocycles. The molecule has 20 heavy (non-hydrogen) atoms. The van der Waals surface area contributed by atoms with E-state index in [0.29, 0.717) is 16.4 Å². The van der Waals surface area contributed by atoms with Gasteiger partial charge >= 0.3 is 0 Å². The van der Waals surface area contributed by atoms with Gasteiger partial charge in [0.1, 0.15) is 11.9 Å². The SMILES string of the molecule is COc1cc(F)c(C(O)c2cc(C)c(Br)s2)cc1OC. The van der Waals surface area contributed by atoms with Crippen molar-refractivity contribution in [2.45, 2.75) is 13.0 Å². The van der Waals surface area contributed by atoms with Crippen LogP contribution in [0.2, 0.25) is 0 Å². The molecule has 1 heterocycles. The number of hydrogen-bond acceptors (Lipinski definition) is 4. The number of methoxy groups -OCH3 is 2. The summed E-state index contributed by atoms with van der Waals surface area (Å²) >= 11 is 4.77. The van der Waals surface area contributed by atoms with Crippen molar-refractivity contribution in [3.63, 3.8) is 0 Å². The van der Waals surface area contributed by atoms with Crippen molar-refractivity contribution in [2.75, 3.05) is 14.2 Å². The summed E-state index contributed by atoms with van der Waals surface area (Å²) in [6.07, 6.45) is -1.04. The zero-order valence-electron chi connectivity index (χ0n) is 11.2. The number of halogens is 2. The molecule has 1 aromatic heterocycles. The molecule has 0 aliphatic carbocycles. The summed E-state index contributed by atoms with van der Waals surface area (Å²) < 4.78 is 25.2. The lowest BCUT2D eigenvalue weighted by Gasteiger charge is -2.14. The first-order valence-corrected chi connectivity index (χ1v) is 7.44. The monoisotopic (exact) mass is 360 g/mol. The first-order chi connectivity index (χ1) is 9.47. The second-order valence-electron chi connectivity index (χ2n) is 4.24. The smallest absolute Gasteiger partial charge is 0.163 e. The number of aliphatic hydroxyl groups is 1. The first kappa shape index (κ1) is 15.3. The van der Waals surface area contributed by atoms with E-state index in [4.69, 9.17) is 9.47 Å². The van der Waals surface area contributed by atoms with E-state index in [9.17, 15) is 9.50 Å². The van der Waals surface area contributed by atoms with Gasteiger partial charge in [-0.05, 0) is 40.5 Å². The van der Waals surface area contributed by atoms with E-state index in [0.717, 1.165) is 9.35 Å². The molecule has 108 valence electrons. The molecule has 0 amide bonds. The molecular weight excluding hydrogens is 347 g/mol. The third-order valence-electron chi connectivity index (χ3n) is 2.94. The van der Waals surface area contributed by atoms with Crippen LogP contribution in [0.1, 0.15) is 22.1 Å². The molecule has 1 unspecified atom stereocenters. The minimum atomic E-state index is -1.04. The van der Waals surface area contributed by atoms with Crippen molar-refractivity contribution < 1.29 is 19.0 Å². The van der Waals surface area contributed by atoms with E-state index in [-0.39, 0.29) is 5.56 Å². The molecular formula is C14H14BrFO3S. The van der Waals surface area contributed by atoms with E-state index < -0.39 is 11.9 Å². The van der Waals surface area contributed by atoms with Gasteiger partial charge in [0.15, 0.2) is 11.5 Å². The zero-order chi connectivity index (χ0) is 14.9. The maximum Gasteiger partial charge on any atom is 0.163 e. The van der Waals surface area contributed by atoms with Crippen LogP contribution < -0.4 is 9.47 Å². The van der Waals surface area contributed by atoms with Gasteiger partial charge in [0.2, 0.25) is 0 Å². The average Bonchev–Trinajstić information content (AvgIpc) is 2.77. The van der Waals surface area contributed by atoms with E-state index in [1.54, 1.807) is 0 Å². The molecule has 1 atom stereocenters. The molecule has 1 N–H and O–H groups in total. The maximum atomic E-state index is 14.1. The number of thiophene rings is 1. The fourth-order valence-corrected chi connectivity index (χ4v) is 3.43. The predicted molar refractivity (Wildman–Crippen MR) is 80.3 cm³/mol.